The van der Waals surface area contributed by atoms with Crippen LogP contribution in [0.3, 0.4) is 0 Å². The van der Waals surface area contributed by atoms with Crippen LogP contribution in [0.15, 0.2) is 17.1 Å². The van der Waals surface area contributed by atoms with E-state index in [1.165, 1.54) is 0 Å². The number of benzene rings is 1. The van der Waals surface area contributed by atoms with Crippen molar-refractivity contribution in [1.82, 2.24) is 0 Å². The van der Waals surface area contributed by atoms with Gasteiger partial charge < -0.3 is 4.74 Å². The molecule has 0 unspecified atom stereocenters. The molecule has 0 aromatic heterocycles. The van der Waals surface area contributed by atoms with Crippen molar-refractivity contribution < 1.29 is 9.53 Å². The average molecular weight is 266 g/mol. The van der Waals surface area contributed by atoms with Crippen LogP contribution in [0, 0.1) is 6.92 Å². The van der Waals surface area contributed by atoms with E-state index in [2.05, 4.69) is 4.99 Å². The highest BCUT2D eigenvalue weighted by molar-refractivity contribution is 6.32. The predicted octanol–water partition coefficient (Wildman–Crippen LogP) is 3.76. The fourth-order valence-corrected chi connectivity index (χ4v) is 2.97. The third-order valence-corrected chi connectivity index (χ3v) is 4.16. The number of aryl methyl sites for hydroxylation is 1. The molecule has 1 fully saturated rings. The van der Waals surface area contributed by atoms with Crippen LogP contribution in [0.1, 0.15) is 36.8 Å². The largest absolute Gasteiger partial charge is 0.497 e. The molecule has 18 heavy (non-hydrogen) atoms. The molecule has 0 atom stereocenters. The Morgan fingerprint density at radius 3 is 2.61 bits per heavy atom. The predicted molar refractivity (Wildman–Crippen MR) is 71.0 cm³/mol. The average Bonchev–Trinajstić information content (AvgIpc) is 2.82. The van der Waals surface area contributed by atoms with E-state index in [0.717, 1.165) is 42.6 Å². The van der Waals surface area contributed by atoms with E-state index in [-0.39, 0.29) is 0 Å². The molecule has 0 aliphatic heterocycles. The minimum Gasteiger partial charge on any atom is -0.497 e. The summed E-state index contributed by atoms with van der Waals surface area (Å²) < 4.78 is 5.27. The third-order valence-electron chi connectivity index (χ3n) is 3.66. The molecule has 4 heteroatoms. The van der Waals surface area contributed by atoms with Gasteiger partial charge in [0.15, 0.2) is 0 Å². The van der Waals surface area contributed by atoms with Gasteiger partial charge in [-0.3, -0.25) is 0 Å². The zero-order chi connectivity index (χ0) is 13.2. The second kappa shape index (κ2) is 5.13. The summed E-state index contributed by atoms with van der Waals surface area (Å²) in [7, 11) is 1.62. The van der Waals surface area contributed by atoms with Gasteiger partial charge in [0.1, 0.15) is 5.75 Å². The van der Waals surface area contributed by atoms with Crippen molar-refractivity contribution in [2.45, 2.75) is 38.1 Å². The number of carbonyl (C=O) groups excluding carboxylic acids is 1. The highest BCUT2D eigenvalue weighted by Gasteiger charge is 2.38. The summed E-state index contributed by atoms with van der Waals surface area (Å²) in [4.78, 5) is 14.8. The fraction of sp³-hybridized carbons (Fsp3) is 0.500. The van der Waals surface area contributed by atoms with Crippen molar-refractivity contribution in [3.05, 3.63) is 28.3 Å². The number of ether oxygens (including phenoxy) is 1. The molecule has 0 heterocycles. The van der Waals surface area contributed by atoms with Gasteiger partial charge in [-0.1, -0.05) is 24.4 Å². The molecule has 1 saturated carbocycles. The lowest BCUT2D eigenvalue weighted by atomic mass is 9.87. The van der Waals surface area contributed by atoms with Gasteiger partial charge in [0.05, 0.1) is 12.6 Å². The van der Waals surface area contributed by atoms with Gasteiger partial charge in [-0.05, 0) is 37.5 Å². The van der Waals surface area contributed by atoms with Crippen molar-refractivity contribution in [3.8, 4) is 5.75 Å². The Morgan fingerprint density at radius 1 is 1.39 bits per heavy atom. The Balaban J connectivity index is 2.60. The molecule has 96 valence electrons. The molecule has 1 aliphatic carbocycles. The van der Waals surface area contributed by atoms with Gasteiger partial charge in [-0.25, -0.2) is 4.79 Å². The van der Waals surface area contributed by atoms with Gasteiger partial charge in [0.2, 0.25) is 6.08 Å². The van der Waals surface area contributed by atoms with Gasteiger partial charge in [0, 0.05) is 10.6 Å². The first kappa shape index (κ1) is 13.1. The van der Waals surface area contributed by atoms with Crippen LogP contribution in [-0.2, 0) is 10.3 Å². The first-order valence-corrected chi connectivity index (χ1v) is 6.44. The number of nitrogens with zero attached hydrogens (tertiary/aromatic N) is 1. The van der Waals surface area contributed by atoms with Crippen molar-refractivity contribution in [1.29, 1.82) is 0 Å². The summed E-state index contributed by atoms with van der Waals surface area (Å²) in [5.74, 6) is 0.749. The third kappa shape index (κ3) is 2.16. The lowest BCUT2D eigenvalue weighted by Crippen LogP contribution is -2.20. The van der Waals surface area contributed by atoms with E-state index in [1.54, 1.807) is 13.2 Å². The molecule has 1 aromatic carbocycles. The lowest BCUT2D eigenvalue weighted by molar-refractivity contribution is 0.408. The number of hydrogen-bond donors (Lipinski definition) is 0. The van der Waals surface area contributed by atoms with Crippen LogP contribution in [0.4, 0.5) is 0 Å². The number of aliphatic imine (C=N–C) groups is 1. The van der Waals surface area contributed by atoms with Crippen molar-refractivity contribution in [2.75, 3.05) is 7.11 Å². The fourth-order valence-electron chi connectivity index (χ4n) is 2.68. The highest BCUT2D eigenvalue weighted by Crippen LogP contribution is 2.46. The maximum absolute atomic E-state index is 10.7. The standard InChI is InChI=1S/C14H16ClNO2/c1-10-7-11(18-2)8-12(13(10)15)14(16-9-17)5-3-4-6-14/h7-8H,3-6H2,1-2H3. The van der Waals surface area contributed by atoms with E-state index < -0.39 is 5.54 Å². The molecule has 0 spiro atoms. The molecular weight excluding hydrogens is 250 g/mol. The van der Waals surface area contributed by atoms with Crippen molar-refractivity contribution in [3.63, 3.8) is 0 Å². The number of hydrogen-bond acceptors (Lipinski definition) is 3. The molecule has 0 saturated heterocycles. The van der Waals surface area contributed by atoms with E-state index in [4.69, 9.17) is 16.3 Å². The summed E-state index contributed by atoms with van der Waals surface area (Å²) in [6.45, 7) is 1.93. The molecule has 0 radical (unpaired) electrons. The first-order chi connectivity index (χ1) is 8.63. The Hall–Kier alpha value is -1.31. The Labute approximate surface area is 112 Å². The van der Waals surface area contributed by atoms with Gasteiger partial charge >= 0.3 is 0 Å². The quantitative estimate of drug-likeness (QED) is 0.616. The molecule has 3 nitrogen and oxygen atoms in total. The molecule has 2 rings (SSSR count). The van der Waals surface area contributed by atoms with Gasteiger partial charge in [0.25, 0.3) is 0 Å². The molecule has 0 N–H and O–H groups in total. The first-order valence-electron chi connectivity index (χ1n) is 6.06. The summed E-state index contributed by atoms with van der Waals surface area (Å²) in [6.07, 6.45) is 5.50. The van der Waals surface area contributed by atoms with Gasteiger partial charge in [-0.15, -0.1) is 0 Å². The van der Waals surface area contributed by atoms with E-state index >= 15 is 0 Å². The van der Waals surface area contributed by atoms with Gasteiger partial charge in [-0.2, -0.15) is 4.99 Å². The number of isocyanates is 1. The Bertz CT molecular complexity index is 501. The van der Waals surface area contributed by atoms with Crippen LogP contribution < -0.4 is 4.74 Å². The second-order valence-electron chi connectivity index (χ2n) is 4.75. The van der Waals surface area contributed by atoms with Crippen LogP contribution in [-0.4, -0.2) is 13.2 Å². The summed E-state index contributed by atoms with van der Waals surface area (Å²) in [5, 5.41) is 0.678. The maximum Gasteiger partial charge on any atom is 0.235 e. The summed E-state index contributed by atoms with van der Waals surface area (Å²) in [5.41, 5.74) is 1.33. The summed E-state index contributed by atoms with van der Waals surface area (Å²) >= 11 is 6.38. The molecule has 0 bridgehead atoms. The van der Waals surface area contributed by atoms with Crippen LogP contribution in [0.2, 0.25) is 5.02 Å². The van der Waals surface area contributed by atoms with Crippen LogP contribution in [0.25, 0.3) is 0 Å². The summed E-state index contributed by atoms with van der Waals surface area (Å²) in [6, 6.07) is 3.78. The van der Waals surface area contributed by atoms with E-state index in [9.17, 15) is 4.79 Å². The minimum absolute atomic E-state index is 0.502. The minimum atomic E-state index is -0.502. The molecular formula is C14H16ClNO2. The maximum atomic E-state index is 10.7. The SMILES string of the molecule is COc1cc(C)c(Cl)c(C2(N=C=O)CCCC2)c1. The number of halogens is 1. The second-order valence-corrected chi connectivity index (χ2v) is 5.13. The lowest BCUT2D eigenvalue weighted by Gasteiger charge is -2.25. The molecule has 0 amide bonds. The topological polar surface area (TPSA) is 38.7 Å². The number of methoxy groups -OCH3 is 1. The van der Waals surface area contributed by atoms with Crippen LogP contribution in [0.5, 0.6) is 5.75 Å². The monoisotopic (exact) mass is 265 g/mol. The molecule has 1 aliphatic rings. The van der Waals surface area contributed by atoms with Crippen molar-refractivity contribution in [2.24, 2.45) is 4.99 Å². The Kier molecular flexibility index (Phi) is 3.74. The van der Waals surface area contributed by atoms with E-state index in [1.807, 2.05) is 19.1 Å². The van der Waals surface area contributed by atoms with Crippen molar-refractivity contribution >= 4 is 17.7 Å². The van der Waals surface area contributed by atoms with Crippen LogP contribution >= 0.6 is 11.6 Å². The molecule has 1 aromatic rings. The number of rotatable bonds is 3. The zero-order valence-electron chi connectivity index (χ0n) is 10.6. The smallest absolute Gasteiger partial charge is 0.235 e. The Morgan fingerprint density at radius 2 is 2.06 bits per heavy atom. The van der Waals surface area contributed by atoms with E-state index in [0.29, 0.717) is 5.02 Å². The zero-order valence-corrected chi connectivity index (χ0v) is 11.4. The highest BCUT2D eigenvalue weighted by atomic mass is 35.5. The normalized spacial score (nSPS) is 17.3.